The molecule has 2 atom stereocenters. The summed E-state index contributed by atoms with van der Waals surface area (Å²) in [5.74, 6) is -0.967. The lowest BCUT2D eigenvalue weighted by atomic mass is 9.96. The molecule has 1 N–H and O–H groups in total. The van der Waals surface area contributed by atoms with Crippen molar-refractivity contribution in [1.29, 1.82) is 0 Å². The van der Waals surface area contributed by atoms with Crippen LogP contribution in [0.4, 0.5) is 11.4 Å². The van der Waals surface area contributed by atoms with Crippen LogP contribution in [0.2, 0.25) is 0 Å². The minimum absolute atomic E-state index is 0.286. The standard InChI is InChI=1S/C32H28N2O3S3/c1-39-24-14-9-21(10-15-24)6-5-20-7-12-23(13-8-20)34-27-4-2-3-25(27)26-17-22(11-16-28(26)34)18-29-31(37)33(19-30(35)36)32(38)40-29/h5-18,25,27H,2-4,19H2,1H3,(H,35,36)/b6-5?,29-18-. The first kappa shape index (κ1) is 26.9. The number of benzene rings is 3. The number of carbonyl (C=O) groups is 2. The number of thioether (sulfide) groups is 2. The minimum atomic E-state index is -1.08. The highest BCUT2D eigenvalue weighted by molar-refractivity contribution is 8.26. The number of carbonyl (C=O) groups excluding carboxylic acids is 1. The smallest absolute Gasteiger partial charge is 0.323 e. The molecule has 3 aliphatic rings. The van der Waals surface area contributed by atoms with Crippen LogP contribution in [-0.4, -0.2) is 45.0 Å². The van der Waals surface area contributed by atoms with Gasteiger partial charge in [0.1, 0.15) is 10.9 Å². The Labute approximate surface area is 248 Å². The fourth-order valence-corrected chi connectivity index (χ4v) is 7.54. The maximum Gasteiger partial charge on any atom is 0.323 e. The lowest BCUT2D eigenvalue weighted by molar-refractivity contribution is -0.140. The van der Waals surface area contributed by atoms with Gasteiger partial charge in [0.15, 0.2) is 0 Å². The number of rotatable bonds is 7. The van der Waals surface area contributed by atoms with Crippen LogP contribution in [0.25, 0.3) is 18.2 Å². The summed E-state index contributed by atoms with van der Waals surface area (Å²) in [6, 6.07) is 24.2. The van der Waals surface area contributed by atoms with Gasteiger partial charge in [-0.25, -0.2) is 0 Å². The van der Waals surface area contributed by atoms with E-state index in [4.69, 9.17) is 17.3 Å². The first-order valence-electron chi connectivity index (χ1n) is 13.2. The van der Waals surface area contributed by atoms with Crippen molar-refractivity contribution in [2.24, 2.45) is 0 Å². The predicted octanol–water partition coefficient (Wildman–Crippen LogP) is 7.65. The second-order valence-electron chi connectivity index (χ2n) is 10.2. The first-order valence-corrected chi connectivity index (χ1v) is 15.7. The van der Waals surface area contributed by atoms with E-state index in [-0.39, 0.29) is 10.2 Å². The van der Waals surface area contributed by atoms with Crippen molar-refractivity contribution in [1.82, 2.24) is 4.90 Å². The Kier molecular flexibility index (Phi) is 7.57. The SMILES string of the molecule is CSc1ccc(C=Cc2ccc(N3c4ccc(/C=C5\SC(=S)N(CC(=O)O)C5=O)cc4C4CCCC43)cc2)cc1. The van der Waals surface area contributed by atoms with Crippen molar-refractivity contribution in [3.8, 4) is 0 Å². The van der Waals surface area contributed by atoms with Crippen LogP contribution in [0.5, 0.6) is 0 Å². The molecular formula is C32H28N2O3S3. The van der Waals surface area contributed by atoms with Crippen LogP contribution in [0.3, 0.4) is 0 Å². The van der Waals surface area contributed by atoms with Crippen molar-refractivity contribution in [3.05, 3.63) is 93.9 Å². The van der Waals surface area contributed by atoms with Gasteiger partial charge in [0.2, 0.25) is 0 Å². The number of carboxylic acids is 1. The topological polar surface area (TPSA) is 60.9 Å². The number of nitrogens with zero attached hydrogens (tertiary/aromatic N) is 2. The quantitative estimate of drug-likeness (QED) is 0.132. The predicted molar refractivity (Wildman–Crippen MR) is 170 cm³/mol. The van der Waals surface area contributed by atoms with Crippen molar-refractivity contribution >= 4 is 81.5 Å². The molecule has 0 bridgehead atoms. The number of fused-ring (bicyclic) bond motifs is 3. The number of aliphatic carboxylic acids is 1. The average Bonchev–Trinajstić information content (AvgIpc) is 3.62. The second-order valence-corrected chi connectivity index (χ2v) is 12.7. The molecule has 1 aliphatic carbocycles. The zero-order chi connectivity index (χ0) is 27.8. The van der Waals surface area contributed by atoms with Gasteiger partial charge in [0.05, 0.1) is 4.91 Å². The Morgan fingerprint density at radius 1 is 1.02 bits per heavy atom. The van der Waals surface area contributed by atoms with Crippen molar-refractivity contribution in [3.63, 3.8) is 0 Å². The Hall–Kier alpha value is -3.33. The van der Waals surface area contributed by atoms with Crippen molar-refractivity contribution in [2.45, 2.75) is 36.1 Å². The van der Waals surface area contributed by atoms with Crippen LogP contribution in [0, 0.1) is 0 Å². The van der Waals surface area contributed by atoms with Gasteiger partial charge in [-0.1, -0.05) is 72.9 Å². The van der Waals surface area contributed by atoms with Gasteiger partial charge in [0.25, 0.3) is 5.91 Å². The molecule has 40 heavy (non-hydrogen) atoms. The van der Waals surface area contributed by atoms with E-state index < -0.39 is 12.5 Å². The Morgan fingerprint density at radius 3 is 2.38 bits per heavy atom. The number of thiocarbonyl (C=S) groups is 1. The van der Waals surface area contributed by atoms with E-state index in [1.165, 1.54) is 33.8 Å². The molecule has 8 heteroatoms. The summed E-state index contributed by atoms with van der Waals surface area (Å²) in [6.45, 7) is -0.412. The summed E-state index contributed by atoms with van der Waals surface area (Å²) in [5.41, 5.74) is 7.02. The van der Waals surface area contributed by atoms with Gasteiger partial charge in [-0.3, -0.25) is 14.5 Å². The highest BCUT2D eigenvalue weighted by atomic mass is 32.2. The van der Waals surface area contributed by atoms with Crippen LogP contribution in [0.1, 0.15) is 47.4 Å². The number of hydrogen-bond acceptors (Lipinski definition) is 6. The Balaban J connectivity index is 1.24. The largest absolute Gasteiger partial charge is 0.480 e. The molecular weight excluding hydrogens is 557 g/mol. The summed E-state index contributed by atoms with van der Waals surface area (Å²) in [6.07, 6.45) is 11.7. The number of anilines is 2. The van der Waals surface area contributed by atoms with E-state index in [1.54, 1.807) is 11.8 Å². The molecule has 6 rings (SSSR count). The monoisotopic (exact) mass is 584 g/mol. The zero-order valence-corrected chi connectivity index (χ0v) is 24.4. The highest BCUT2D eigenvalue weighted by Crippen LogP contribution is 2.52. The molecule has 0 radical (unpaired) electrons. The molecule has 2 fully saturated rings. The van der Waals surface area contributed by atoms with Crippen molar-refractivity contribution < 1.29 is 14.7 Å². The summed E-state index contributed by atoms with van der Waals surface area (Å²) >= 11 is 8.16. The van der Waals surface area contributed by atoms with E-state index in [9.17, 15) is 9.59 Å². The lowest BCUT2D eigenvalue weighted by Crippen LogP contribution is -2.33. The average molecular weight is 585 g/mol. The molecule has 2 heterocycles. The van der Waals surface area contributed by atoms with E-state index in [0.29, 0.717) is 16.9 Å². The van der Waals surface area contributed by atoms with E-state index in [2.05, 4.69) is 84.0 Å². The third-order valence-corrected chi connectivity index (χ3v) is 9.86. The van der Waals surface area contributed by atoms with Crippen LogP contribution >= 0.6 is 35.7 Å². The molecule has 0 aromatic heterocycles. The third kappa shape index (κ3) is 5.23. The van der Waals surface area contributed by atoms with Gasteiger partial charge >= 0.3 is 5.97 Å². The van der Waals surface area contributed by atoms with Crippen LogP contribution in [0.15, 0.2) is 76.5 Å². The van der Waals surface area contributed by atoms with E-state index in [0.717, 1.165) is 40.6 Å². The molecule has 1 saturated carbocycles. The molecule has 202 valence electrons. The normalized spacial score (nSPS) is 21.1. The molecule has 3 aromatic rings. The van der Waals surface area contributed by atoms with Gasteiger partial charge in [-0.2, -0.15) is 0 Å². The summed E-state index contributed by atoms with van der Waals surface area (Å²) < 4.78 is 0.286. The summed E-state index contributed by atoms with van der Waals surface area (Å²) in [5, 5.41) is 9.11. The van der Waals surface area contributed by atoms with Gasteiger partial charge in [0, 0.05) is 28.2 Å². The molecule has 5 nitrogen and oxygen atoms in total. The number of amides is 1. The minimum Gasteiger partial charge on any atom is -0.480 e. The van der Waals surface area contributed by atoms with E-state index >= 15 is 0 Å². The Morgan fingerprint density at radius 2 is 1.70 bits per heavy atom. The lowest BCUT2D eigenvalue weighted by Gasteiger charge is -2.27. The summed E-state index contributed by atoms with van der Waals surface area (Å²) in [7, 11) is 0. The molecule has 1 saturated heterocycles. The fraction of sp³-hybridized carbons (Fsp3) is 0.219. The highest BCUT2D eigenvalue weighted by Gasteiger charge is 2.42. The number of carboxylic acid groups (broad SMARTS) is 1. The van der Waals surface area contributed by atoms with Crippen LogP contribution in [-0.2, 0) is 9.59 Å². The zero-order valence-electron chi connectivity index (χ0n) is 21.9. The first-order chi connectivity index (χ1) is 19.4. The Bertz CT molecular complexity index is 1550. The molecule has 1 amide bonds. The maximum atomic E-state index is 12.8. The fourth-order valence-electron chi connectivity index (χ4n) is 5.88. The third-order valence-electron chi connectivity index (χ3n) is 7.74. The summed E-state index contributed by atoms with van der Waals surface area (Å²) in [4.78, 5) is 29.3. The number of hydrogen-bond donors (Lipinski definition) is 1. The van der Waals surface area contributed by atoms with Gasteiger partial charge in [-0.05, 0) is 83.8 Å². The van der Waals surface area contributed by atoms with Gasteiger partial charge in [-0.15, -0.1) is 11.8 Å². The second kappa shape index (κ2) is 11.3. The molecule has 3 aromatic carbocycles. The van der Waals surface area contributed by atoms with E-state index in [1.807, 2.05) is 12.1 Å². The maximum absolute atomic E-state index is 12.8. The molecule has 0 spiro atoms. The molecule has 2 unspecified atom stereocenters. The van der Waals surface area contributed by atoms with Crippen LogP contribution < -0.4 is 4.90 Å². The molecule has 2 aliphatic heterocycles. The van der Waals surface area contributed by atoms with Crippen molar-refractivity contribution in [2.75, 3.05) is 17.7 Å². The van der Waals surface area contributed by atoms with Gasteiger partial charge < -0.3 is 10.0 Å².